The quantitative estimate of drug-likeness (QED) is 0.466. The van der Waals surface area contributed by atoms with Crippen LogP contribution >= 0.6 is 27.3 Å². The first-order chi connectivity index (χ1) is 12.3. The van der Waals surface area contributed by atoms with E-state index in [0.29, 0.717) is 21.1 Å². The monoisotopic (exact) mass is 435 g/mol. The van der Waals surface area contributed by atoms with Gasteiger partial charge >= 0.3 is 0 Å². The molecule has 1 N–H and O–H groups in total. The molecule has 0 saturated carbocycles. The Balaban J connectivity index is 1.68. The molecular formula is C17H14BrN3O4S. The molecule has 1 heterocycles. The predicted octanol–water partition coefficient (Wildman–Crippen LogP) is 4.60. The van der Waals surface area contributed by atoms with Crippen LogP contribution in [-0.2, 0) is 4.79 Å². The zero-order chi connectivity index (χ0) is 18.8. The fourth-order valence-electron chi connectivity index (χ4n) is 2.50. The second-order valence-electron chi connectivity index (χ2n) is 5.63. The smallest absolute Gasteiger partial charge is 0.270 e. The molecule has 0 unspecified atom stereocenters. The number of nitro groups is 1. The molecule has 3 aromatic rings. The normalized spacial score (nSPS) is 10.7. The SMILES string of the molecule is Cc1cc(Br)cc(C)c1OCC(=O)Nc1nc2ccc([N+](=O)[O-])cc2s1. The van der Waals surface area contributed by atoms with Crippen molar-refractivity contribution in [1.29, 1.82) is 0 Å². The minimum Gasteiger partial charge on any atom is -0.483 e. The number of non-ortho nitro benzene ring substituents is 1. The van der Waals surface area contributed by atoms with Gasteiger partial charge in [-0.3, -0.25) is 20.2 Å². The van der Waals surface area contributed by atoms with Crippen molar-refractivity contribution in [3.8, 4) is 5.75 Å². The third-order valence-electron chi connectivity index (χ3n) is 3.60. The van der Waals surface area contributed by atoms with E-state index in [4.69, 9.17) is 4.74 Å². The predicted molar refractivity (Wildman–Crippen MR) is 104 cm³/mol. The highest BCUT2D eigenvalue weighted by Crippen LogP contribution is 2.30. The molecule has 1 aromatic heterocycles. The summed E-state index contributed by atoms with van der Waals surface area (Å²) in [4.78, 5) is 26.8. The number of nitro benzene ring substituents is 1. The Bertz CT molecular complexity index is 995. The molecule has 0 bridgehead atoms. The van der Waals surface area contributed by atoms with Crippen molar-refractivity contribution >= 4 is 54.2 Å². The summed E-state index contributed by atoms with van der Waals surface area (Å²) < 4.78 is 7.22. The minimum absolute atomic E-state index is 0.0106. The van der Waals surface area contributed by atoms with Crippen LogP contribution in [0.2, 0.25) is 0 Å². The molecule has 7 nitrogen and oxygen atoms in total. The van der Waals surface area contributed by atoms with Gasteiger partial charge in [0.25, 0.3) is 11.6 Å². The van der Waals surface area contributed by atoms with E-state index < -0.39 is 4.92 Å². The van der Waals surface area contributed by atoms with Gasteiger partial charge in [0.05, 0.1) is 15.1 Å². The number of hydrogen-bond acceptors (Lipinski definition) is 6. The van der Waals surface area contributed by atoms with E-state index in [1.165, 1.54) is 23.5 Å². The number of carbonyl (C=O) groups is 1. The van der Waals surface area contributed by atoms with Crippen LogP contribution in [0, 0.1) is 24.0 Å². The van der Waals surface area contributed by atoms with Crippen molar-refractivity contribution in [3.05, 3.63) is 56.0 Å². The van der Waals surface area contributed by atoms with Gasteiger partial charge in [-0.1, -0.05) is 27.3 Å². The van der Waals surface area contributed by atoms with Gasteiger partial charge in [-0.2, -0.15) is 0 Å². The molecule has 2 aromatic carbocycles. The van der Waals surface area contributed by atoms with Gasteiger partial charge in [-0.05, 0) is 43.2 Å². The van der Waals surface area contributed by atoms with Crippen LogP contribution in [0.1, 0.15) is 11.1 Å². The fraction of sp³-hybridized carbons (Fsp3) is 0.176. The van der Waals surface area contributed by atoms with E-state index in [0.717, 1.165) is 15.6 Å². The number of hydrogen-bond donors (Lipinski definition) is 1. The number of nitrogens with one attached hydrogen (secondary N) is 1. The number of rotatable bonds is 5. The van der Waals surface area contributed by atoms with Crippen molar-refractivity contribution in [3.63, 3.8) is 0 Å². The number of fused-ring (bicyclic) bond motifs is 1. The Hall–Kier alpha value is -2.52. The van der Waals surface area contributed by atoms with Gasteiger partial charge in [0.1, 0.15) is 5.75 Å². The Labute approximate surface area is 161 Å². The van der Waals surface area contributed by atoms with E-state index in [1.807, 2.05) is 26.0 Å². The van der Waals surface area contributed by atoms with Crippen LogP contribution in [0.25, 0.3) is 10.2 Å². The maximum atomic E-state index is 12.1. The lowest BCUT2D eigenvalue weighted by molar-refractivity contribution is -0.384. The molecule has 0 aliphatic heterocycles. The lowest BCUT2D eigenvalue weighted by atomic mass is 10.1. The van der Waals surface area contributed by atoms with E-state index >= 15 is 0 Å². The molecule has 134 valence electrons. The summed E-state index contributed by atoms with van der Waals surface area (Å²) in [6.07, 6.45) is 0. The van der Waals surface area contributed by atoms with Crippen LogP contribution in [-0.4, -0.2) is 22.4 Å². The lowest BCUT2D eigenvalue weighted by Gasteiger charge is -2.12. The molecule has 0 aliphatic rings. The van der Waals surface area contributed by atoms with Crippen LogP contribution in [0.5, 0.6) is 5.75 Å². The number of amides is 1. The van der Waals surface area contributed by atoms with E-state index in [1.54, 1.807) is 6.07 Å². The largest absolute Gasteiger partial charge is 0.483 e. The second-order valence-corrected chi connectivity index (χ2v) is 7.58. The Morgan fingerprint density at radius 2 is 2.00 bits per heavy atom. The first kappa shape index (κ1) is 18.3. The highest BCUT2D eigenvalue weighted by Gasteiger charge is 2.13. The van der Waals surface area contributed by atoms with Crippen LogP contribution in [0.3, 0.4) is 0 Å². The number of carbonyl (C=O) groups excluding carboxylic acids is 1. The number of aromatic nitrogens is 1. The van der Waals surface area contributed by atoms with E-state index in [9.17, 15) is 14.9 Å². The van der Waals surface area contributed by atoms with Gasteiger partial charge in [0, 0.05) is 16.6 Å². The average molecular weight is 436 g/mol. The molecule has 0 aliphatic carbocycles. The summed E-state index contributed by atoms with van der Waals surface area (Å²) >= 11 is 4.60. The first-order valence-electron chi connectivity index (χ1n) is 7.58. The molecule has 0 spiro atoms. The third-order valence-corrected chi connectivity index (χ3v) is 4.99. The zero-order valence-corrected chi connectivity index (χ0v) is 16.3. The van der Waals surface area contributed by atoms with E-state index in [-0.39, 0.29) is 18.2 Å². The molecular weight excluding hydrogens is 422 g/mol. The van der Waals surface area contributed by atoms with Crippen LogP contribution in [0.4, 0.5) is 10.8 Å². The van der Waals surface area contributed by atoms with Gasteiger partial charge in [-0.15, -0.1) is 0 Å². The molecule has 26 heavy (non-hydrogen) atoms. The molecule has 0 saturated heterocycles. The zero-order valence-electron chi connectivity index (χ0n) is 13.9. The van der Waals surface area contributed by atoms with Crippen LogP contribution < -0.4 is 10.1 Å². The molecule has 0 fully saturated rings. The third kappa shape index (κ3) is 4.00. The lowest BCUT2D eigenvalue weighted by Crippen LogP contribution is -2.20. The Morgan fingerprint density at radius 3 is 2.65 bits per heavy atom. The Kier molecular flexibility index (Phi) is 5.19. The number of aryl methyl sites for hydroxylation is 2. The highest BCUT2D eigenvalue weighted by molar-refractivity contribution is 9.10. The van der Waals surface area contributed by atoms with Crippen molar-refractivity contribution in [2.75, 3.05) is 11.9 Å². The summed E-state index contributed by atoms with van der Waals surface area (Å²) in [5.74, 6) is 0.323. The number of nitrogens with zero attached hydrogens (tertiary/aromatic N) is 2. The summed E-state index contributed by atoms with van der Waals surface area (Å²) in [7, 11) is 0. The summed E-state index contributed by atoms with van der Waals surface area (Å²) in [5.41, 5.74) is 2.44. The van der Waals surface area contributed by atoms with Crippen molar-refractivity contribution in [2.24, 2.45) is 0 Å². The second kappa shape index (κ2) is 7.38. The van der Waals surface area contributed by atoms with Crippen molar-refractivity contribution in [2.45, 2.75) is 13.8 Å². The molecule has 0 atom stereocenters. The number of thiazole rings is 1. The molecule has 9 heteroatoms. The van der Waals surface area contributed by atoms with Gasteiger partial charge in [0.2, 0.25) is 0 Å². The number of anilines is 1. The topological polar surface area (TPSA) is 94.4 Å². The van der Waals surface area contributed by atoms with E-state index in [2.05, 4.69) is 26.2 Å². The summed E-state index contributed by atoms with van der Waals surface area (Å²) in [6.45, 7) is 3.66. The minimum atomic E-state index is -0.464. The maximum Gasteiger partial charge on any atom is 0.270 e. The first-order valence-corrected chi connectivity index (χ1v) is 9.19. The van der Waals surface area contributed by atoms with Crippen molar-refractivity contribution in [1.82, 2.24) is 4.98 Å². The van der Waals surface area contributed by atoms with Gasteiger partial charge < -0.3 is 4.74 Å². The molecule has 0 radical (unpaired) electrons. The highest BCUT2D eigenvalue weighted by atomic mass is 79.9. The van der Waals surface area contributed by atoms with Gasteiger partial charge in [-0.25, -0.2) is 4.98 Å². The maximum absolute atomic E-state index is 12.1. The molecule has 1 amide bonds. The number of ether oxygens (including phenoxy) is 1. The standard InChI is InChI=1S/C17H14BrN3O4S/c1-9-5-11(18)6-10(2)16(9)25-8-15(22)20-17-19-13-4-3-12(21(23)24)7-14(13)26-17/h3-7H,8H2,1-2H3,(H,19,20,22). The number of halogens is 1. The molecule has 3 rings (SSSR count). The summed E-state index contributed by atoms with van der Waals surface area (Å²) in [5, 5.41) is 13.9. The van der Waals surface area contributed by atoms with Crippen LogP contribution in [0.15, 0.2) is 34.8 Å². The number of benzene rings is 2. The van der Waals surface area contributed by atoms with Gasteiger partial charge in [0.15, 0.2) is 11.7 Å². The van der Waals surface area contributed by atoms with Crippen molar-refractivity contribution < 1.29 is 14.5 Å². The fourth-order valence-corrected chi connectivity index (χ4v) is 4.10. The Morgan fingerprint density at radius 1 is 1.31 bits per heavy atom. The average Bonchev–Trinajstić information content (AvgIpc) is 2.94. The summed E-state index contributed by atoms with van der Waals surface area (Å²) in [6, 6.07) is 8.22.